The van der Waals surface area contributed by atoms with Gasteiger partial charge in [-0.3, -0.25) is 0 Å². The van der Waals surface area contributed by atoms with Crippen molar-refractivity contribution in [3.63, 3.8) is 0 Å². The van der Waals surface area contributed by atoms with Crippen LogP contribution in [0.3, 0.4) is 0 Å². The maximum absolute atomic E-state index is 6.12. The normalized spacial score (nSPS) is 11.8. The third kappa shape index (κ3) is 4.80. The summed E-state index contributed by atoms with van der Waals surface area (Å²) >= 11 is 0. The minimum atomic E-state index is 0.614. The van der Waals surface area contributed by atoms with Crippen molar-refractivity contribution in [2.75, 3.05) is 0 Å². The summed E-state index contributed by atoms with van der Waals surface area (Å²) in [6.45, 7) is 0. The molecule has 246 valence electrons. The second-order valence-electron chi connectivity index (χ2n) is 13.6. The minimum Gasteiger partial charge on any atom is -0.456 e. The Hall–Kier alpha value is -7.17. The number of aromatic nitrogens is 3. The summed E-state index contributed by atoms with van der Waals surface area (Å²) in [6.07, 6.45) is 0. The fourth-order valence-electron chi connectivity index (χ4n) is 7.96. The molecule has 0 aliphatic rings. The van der Waals surface area contributed by atoms with Crippen LogP contribution in [0.15, 0.2) is 180 Å². The lowest BCUT2D eigenvalue weighted by molar-refractivity contribution is 0.669. The Morgan fingerprint density at radius 1 is 0.283 bits per heavy atom. The van der Waals surface area contributed by atoms with Crippen LogP contribution in [-0.2, 0) is 0 Å². The molecule has 0 bridgehead atoms. The first kappa shape index (κ1) is 29.5. The van der Waals surface area contributed by atoms with Gasteiger partial charge in [0.15, 0.2) is 17.5 Å². The number of benzene rings is 9. The Balaban J connectivity index is 1.08. The van der Waals surface area contributed by atoms with Gasteiger partial charge in [0.05, 0.1) is 0 Å². The first-order valence-corrected chi connectivity index (χ1v) is 17.9. The van der Waals surface area contributed by atoms with Gasteiger partial charge in [-0.1, -0.05) is 140 Å². The molecule has 2 aromatic heterocycles. The number of furan rings is 1. The third-order valence-electron chi connectivity index (χ3n) is 10.5. The molecule has 0 spiro atoms. The van der Waals surface area contributed by atoms with Crippen LogP contribution in [0.5, 0.6) is 0 Å². The molecule has 0 saturated carbocycles. The number of para-hydroxylation sites is 1. The number of hydrogen-bond donors (Lipinski definition) is 0. The van der Waals surface area contributed by atoms with Crippen molar-refractivity contribution in [1.82, 2.24) is 15.0 Å². The Bertz CT molecular complexity index is 3240. The molecule has 0 radical (unpaired) electrons. The standard InChI is InChI=1S/C49H29N3O/c1-2-12-31(13-3-1)47-50-48(52-49(51-47)35-23-26-45-43(29-35)39-18-8-9-20-44(39)53-45)34-15-10-14-32(27-34)33-22-24-38-37-17-6-7-19-40(37)46-36-16-5-4-11-30(36)21-25-41(46)42(38)28-33/h1-29H. The molecule has 0 N–H and O–H groups in total. The highest BCUT2D eigenvalue weighted by molar-refractivity contribution is 6.31. The fraction of sp³-hybridized carbons (Fsp3) is 0. The van der Waals surface area contributed by atoms with Crippen molar-refractivity contribution < 1.29 is 4.42 Å². The van der Waals surface area contributed by atoms with Crippen molar-refractivity contribution in [3.05, 3.63) is 176 Å². The van der Waals surface area contributed by atoms with Crippen LogP contribution < -0.4 is 0 Å². The Morgan fingerprint density at radius 3 is 1.66 bits per heavy atom. The van der Waals surface area contributed by atoms with Gasteiger partial charge in [-0.25, -0.2) is 15.0 Å². The summed E-state index contributed by atoms with van der Waals surface area (Å²) < 4.78 is 6.12. The van der Waals surface area contributed by atoms with Crippen LogP contribution in [0, 0.1) is 0 Å². The molecule has 4 nitrogen and oxygen atoms in total. The second kappa shape index (κ2) is 11.7. The molecule has 0 saturated heterocycles. The number of nitrogens with zero attached hydrogens (tertiary/aromatic N) is 3. The molecule has 53 heavy (non-hydrogen) atoms. The number of fused-ring (bicyclic) bond motifs is 11. The maximum atomic E-state index is 6.12. The summed E-state index contributed by atoms with van der Waals surface area (Å²) in [5, 5.41) is 12.2. The van der Waals surface area contributed by atoms with Crippen LogP contribution in [0.25, 0.3) is 110 Å². The zero-order valence-corrected chi connectivity index (χ0v) is 28.5. The molecule has 0 aliphatic carbocycles. The van der Waals surface area contributed by atoms with E-state index >= 15 is 0 Å². The van der Waals surface area contributed by atoms with E-state index in [0.29, 0.717) is 17.5 Å². The van der Waals surface area contributed by atoms with Crippen molar-refractivity contribution in [1.29, 1.82) is 0 Å². The van der Waals surface area contributed by atoms with E-state index in [9.17, 15) is 0 Å². The molecule has 2 heterocycles. The Kier molecular flexibility index (Phi) is 6.52. The fourth-order valence-corrected chi connectivity index (χ4v) is 7.96. The largest absolute Gasteiger partial charge is 0.456 e. The lowest BCUT2D eigenvalue weighted by Crippen LogP contribution is -2.00. The van der Waals surface area contributed by atoms with E-state index in [2.05, 4.69) is 115 Å². The van der Waals surface area contributed by atoms with Crippen LogP contribution in [-0.4, -0.2) is 15.0 Å². The Morgan fingerprint density at radius 2 is 0.811 bits per heavy atom. The van der Waals surface area contributed by atoms with Crippen molar-refractivity contribution in [2.45, 2.75) is 0 Å². The summed E-state index contributed by atoms with van der Waals surface area (Å²) in [6, 6.07) is 61.8. The quantitative estimate of drug-likeness (QED) is 0.174. The molecular formula is C49H29N3O. The topological polar surface area (TPSA) is 51.8 Å². The predicted molar refractivity (Wildman–Crippen MR) is 219 cm³/mol. The van der Waals surface area contributed by atoms with Gasteiger partial charge in [0.25, 0.3) is 0 Å². The van der Waals surface area contributed by atoms with Crippen LogP contribution >= 0.6 is 0 Å². The SMILES string of the molecule is c1ccc(-c2nc(-c3cccc(-c4ccc5c6ccccc6c6c7ccccc7ccc6c5c4)c3)nc(-c3ccc4oc5ccccc5c4c3)n2)cc1. The van der Waals surface area contributed by atoms with Crippen molar-refractivity contribution in [2.24, 2.45) is 0 Å². The van der Waals surface area contributed by atoms with E-state index in [-0.39, 0.29) is 0 Å². The summed E-state index contributed by atoms with van der Waals surface area (Å²) in [5.74, 6) is 1.86. The summed E-state index contributed by atoms with van der Waals surface area (Å²) in [4.78, 5) is 15.2. The van der Waals surface area contributed by atoms with Crippen molar-refractivity contribution >= 4 is 65.0 Å². The van der Waals surface area contributed by atoms with Crippen LogP contribution in [0.4, 0.5) is 0 Å². The van der Waals surface area contributed by atoms with E-state index < -0.39 is 0 Å². The molecule has 0 amide bonds. The van der Waals surface area contributed by atoms with E-state index in [4.69, 9.17) is 19.4 Å². The van der Waals surface area contributed by atoms with E-state index in [1.165, 1.54) is 43.1 Å². The predicted octanol–water partition coefficient (Wildman–Crippen LogP) is 13.1. The van der Waals surface area contributed by atoms with Crippen LogP contribution in [0.2, 0.25) is 0 Å². The summed E-state index contributed by atoms with van der Waals surface area (Å²) in [7, 11) is 0. The van der Waals surface area contributed by atoms with Gasteiger partial charge in [-0.2, -0.15) is 0 Å². The Labute approximate surface area is 304 Å². The molecule has 0 fully saturated rings. The first-order chi connectivity index (χ1) is 26.2. The van der Waals surface area contributed by atoms with E-state index in [1.807, 2.05) is 60.7 Å². The third-order valence-corrected chi connectivity index (χ3v) is 10.5. The highest BCUT2D eigenvalue weighted by Crippen LogP contribution is 2.41. The smallest absolute Gasteiger partial charge is 0.164 e. The average Bonchev–Trinajstić information content (AvgIpc) is 3.61. The van der Waals surface area contributed by atoms with Gasteiger partial charge in [0, 0.05) is 27.5 Å². The highest BCUT2D eigenvalue weighted by atomic mass is 16.3. The van der Waals surface area contributed by atoms with Gasteiger partial charge in [0.1, 0.15) is 11.2 Å². The van der Waals surface area contributed by atoms with Gasteiger partial charge in [-0.15, -0.1) is 0 Å². The lowest BCUT2D eigenvalue weighted by atomic mass is 9.89. The van der Waals surface area contributed by atoms with Crippen molar-refractivity contribution in [3.8, 4) is 45.3 Å². The minimum absolute atomic E-state index is 0.614. The van der Waals surface area contributed by atoms with E-state index in [1.54, 1.807) is 0 Å². The van der Waals surface area contributed by atoms with Gasteiger partial charge < -0.3 is 4.42 Å². The number of hydrogen-bond acceptors (Lipinski definition) is 4. The molecular weight excluding hydrogens is 647 g/mol. The highest BCUT2D eigenvalue weighted by Gasteiger charge is 2.16. The second-order valence-corrected chi connectivity index (χ2v) is 13.6. The van der Waals surface area contributed by atoms with Gasteiger partial charge in [-0.05, 0) is 90.6 Å². The molecule has 11 aromatic rings. The molecule has 0 aliphatic heterocycles. The number of rotatable bonds is 4. The molecule has 4 heteroatoms. The molecule has 0 atom stereocenters. The monoisotopic (exact) mass is 675 g/mol. The molecule has 11 rings (SSSR count). The van der Waals surface area contributed by atoms with Gasteiger partial charge >= 0.3 is 0 Å². The zero-order chi connectivity index (χ0) is 34.9. The van der Waals surface area contributed by atoms with E-state index in [0.717, 1.165) is 49.8 Å². The summed E-state index contributed by atoms with van der Waals surface area (Å²) in [5.41, 5.74) is 6.70. The average molecular weight is 676 g/mol. The molecule has 9 aromatic carbocycles. The van der Waals surface area contributed by atoms with Gasteiger partial charge in [0.2, 0.25) is 0 Å². The maximum Gasteiger partial charge on any atom is 0.164 e. The zero-order valence-electron chi connectivity index (χ0n) is 28.5. The van der Waals surface area contributed by atoms with Crippen LogP contribution in [0.1, 0.15) is 0 Å². The first-order valence-electron chi connectivity index (χ1n) is 17.9. The molecule has 0 unspecified atom stereocenters. The lowest BCUT2D eigenvalue weighted by Gasteiger charge is -2.14.